The van der Waals surface area contributed by atoms with Crippen molar-refractivity contribution >= 4 is 11.6 Å². The summed E-state index contributed by atoms with van der Waals surface area (Å²) in [5, 5.41) is 18.1. The number of benzene rings is 1. The Hall–Kier alpha value is -2.94. The lowest BCUT2D eigenvalue weighted by atomic mass is 10.2. The summed E-state index contributed by atoms with van der Waals surface area (Å²) in [6, 6.07) is 6.06. The summed E-state index contributed by atoms with van der Waals surface area (Å²) in [6.07, 6.45) is 1.95. The number of carbonyl (C=O) groups excluding carboxylic acids is 1. The van der Waals surface area contributed by atoms with Gasteiger partial charge in [-0.15, -0.1) is 0 Å². The highest BCUT2D eigenvalue weighted by molar-refractivity contribution is 5.94. The van der Waals surface area contributed by atoms with E-state index in [1.165, 1.54) is 16.8 Å². The van der Waals surface area contributed by atoms with Crippen LogP contribution in [0.25, 0.3) is 0 Å². The highest BCUT2D eigenvalue weighted by atomic mass is 16.6. The van der Waals surface area contributed by atoms with Crippen LogP contribution in [0, 0.1) is 17.0 Å². The van der Waals surface area contributed by atoms with Gasteiger partial charge in [-0.3, -0.25) is 14.9 Å². The Kier molecular flexibility index (Phi) is 5.17. The molecule has 0 aliphatic carbocycles. The van der Waals surface area contributed by atoms with Crippen molar-refractivity contribution < 1.29 is 19.2 Å². The van der Waals surface area contributed by atoms with Crippen molar-refractivity contribution in [1.29, 1.82) is 0 Å². The van der Waals surface area contributed by atoms with Crippen molar-refractivity contribution in [1.82, 2.24) is 15.1 Å². The van der Waals surface area contributed by atoms with Crippen molar-refractivity contribution in [3.63, 3.8) is 0 Å². The number of aromatic nitrogens is 2. The number of nitro benzene ring substituents is 1. The highest BCUT2D eigenvalue weighted by Crippen LogP contribution is 2.33. The number of nitrogens with one attached hydrogen (secondary N) is 1. The zero-order chi connectivity index (χ0) is 18.7. The molecule has 9 nitrogen and oxygen atoms in total. The highest BCUT2D eigenvalue weighted by Gasteiger charge is 2.24. The van der Waals surface area contributed by atoms with E-state index in [9.17, 15) is 14.9 Å². The fourth-order valence-electron chi connectivity index (χ4n) is 2.87. The second-order valence-electron chi connectivity index (χ2n) is 6.07. The van der Waals surface area contributed by atoms with E-state index in [-0.39, 0.29) is 35.0 Å². The molecule has 1 amide bonds. The smallest absolute Gasteiger partial charge is 0.311 e. The second kappa shape index (κ2) is 7.52. The Morgan fingerprint density at radius 3 is 2.96 bits per heavy atom. The maximum Gasteiger partial charge on any atom is 0.311 e. The van der Waals surface area contributed by atoms with Gasteiger partial charge in [-0.2, -0.15) is 5.10 Å². The Labute approximate surface area is 150 Å². The number of nitrogens with zero attached hydrogens (tertiary/aromatic N) is 3. The van der Waals surface area contributed by atoms with E-state index < -0.39 is 4.92 Å². The third-order valence-electron chi connectivity index (χ3n) is 4.22. The van der Waals surface area contributed by atoms with Crippen LogP contribution in [-0.2, 0) is 11.8 Å². The first kappa shape index (κ1) is 17.9. The molecule has 9 heteroatoms. The number of hydrogen-bond donors (Lipinski definition) is 1. The second-order valence-corrected chi connectivity index (χ2v) is 6.07. The predicted octanol–water partition coefficient (Wildman–Crippen LogP) is 2.34. The Balaban J connectivity index is 1.77. The minimum atomic E-state index is -0.518. The monoisotopic (exact) mass is 360 g/mol. The van der Waals surface area contributed by atoms with Gasteiger partial charge in [0.15, 0.2) is 5.69 Å². The molecule has 1 atom stereocenters. The minimum absolute atomic E-state index is 0.0330. The van der Waals surface area contributed by atoms with E-state index in [0.717, 1.165) is 19.4 Å². The SMILES string of the molecule is Cc1c(C(=O)NC[C@H]2CCCO2)nn(C)c1Oc1ccccc1[N+](=O)[O-]. The Morgan fingerprint density at radius 1 is 1.50 bits per heavy atom. The summed E-state index contributed by atoms with van der Waals surface area (Å²) in [6.45, 7) is 2.84. The molecule has 1 aliphatic rings. The lowest BCUT2D eigenvalue weighted by Crippen LogP contribution is -2.32. The van der Waals surface area contributed by atoms with Gasteiger partial charge in [0.2, 0.25) is 11.6 Å². The molecule has 0 radical (unpaired) electrons. The Bertz CT molecular complexity index is 827. The van der Waals surface area contributed by atoms with Crippen molar-refractivity contribution in [2.24, 2.45) is 7.05 Å². The molecule has 2 aromatic rings. The van der Waals surface area contributed by atoms with Crippen molar-refractivity contribution in [3.8, 4) is 11.6 Å². The van der Waals surface area contributed by atoms with Crippen LogP contribution >= 0.6 is 0 Å². The van der Waals surface area contributed by atoms with Crippen LogP contribution in [0.1, 0.15) is 28.9 Å². The van der Waals surface area contributed by atoms with Gasteiger partial charge in [-0.1, -0.05) is 12.1 Å². The van der Waals surface area contributed by atoms with Gasteiger partial charge >= 0.3 is 5.69 Å². The summed E-state index contributed by atoms with van der Waals surface area (Å²) in [5.41, 5.74) is 0.576. The summed E-state index contributed by atoms with van der Waals surface area (Å²) in [5.74, 6) is 0.0440. The van der Waals surface area contributed by atoms with Crippen molar-refractivity contribution in [2.75, 3.05) is 13.2 Å². The van der Waals surface area contributed by atoms with Crippen LogP contribution in [0.4, 0.5) is 5.69 Å². The normalized spacial score (nSPS) is 16.5. The fraction of sp³-hybridized carbons (Fsp3) is 0.412. The van der Waals surface area contributed by atoms with Gasteiger partial charge in [-0.05, 0) is 25.8 Å². The molecule has 1 saturated heterocycles. The number of rotatable bonds is 6. The molecule has 0 bridgehead atoms. The van der Waals surface area contributed by atoms with E-state index in [4.69, 9.17) is 9.47 Å². The minimum Gasteiger partial charge on any atom is -0.432 e. The first-order valence-corrected chi connectivity index (χ1v) is 8.32. The number of amides is 1. The topological polar surface area (TPSA) is 109 Å². The van der Waals surface area contributed by atoms with Gasteiger partial charge < -0.3 is 14.8 Å². The molecule has 1 fully saturated rings. The predicted molar refractivity (Wildman–Crippen MR) is 92.4 cm³/mol. The molecule has 1 aromatic carbocycles. The van der Waals surface area contributed by atoms with E-state index in [0.29, 0.717) is 12.1 Å². The quantitative estimate of drug-likeness (QED) is 0.626. The van der Waals surface area contributed by atoms with Crippen LogP contribution in [0.2, 0.25) is 0 Å². The van der Waals surface area contributed by atoms with E-state index in [2.05, 4.69) is 10.4 Å². The number of aryl methyl sites for hydroxylation is 1. The van der Waals surface area contributed by atoms with Crippen LogP contribution in [0.5, 0.6) is 11.6 Å². The average molecular weight is 360 g/mol. The molecule has 1 N–H and O–H groups in total. The molecule has 138 valence electrons. The average Bonchev–Trinajstić information content (AvgIpc) is 3.23. The van der Waals surface area contributed by atoms with Crippen molar-refractivity contribution in [2.45, 2.75) is 25.9 Å². The molecule has 3 rings (SSSR count). The molecule has 0 spiro atoms. The first-order valence-electron chi connectivity index (χ1n) is 8.32. The van der Waals surface area contributed by atoms with Crippen LogP contribution in [0.3, 0.4) is 0 Å². The molecule has 1 aromatic heterocycles. The van der Waals surface area contributed by atoms with E-state index >= 15 is 0 Å². The maximum atomic E-state index is 12.4. The zero-order valence-corrected chi connectivity index (χ0v) is 14.6. The molecule has 1 aliphatic heterocycles. The van der Waals surface area contributed by atoms with Gasteiger partial charge in [0.05, 0.1) is 11.0 Å². The van der Waals surface area contributed by atoms with Crippen LogP contribution < -0.4 is 10.1 Å². The number of carbonyl (C=O) groups is 1. The third-order valence-corrected chi connectivity index (χ3v) is 4.22. The Morgan fingerprint density at radius 2 is 2.27 bits per heavy atom. The summed E-state index contributed by atoms with van der Waals surface area (Å²) in [4.78, 5) is 23.0. The van der Waals surface area contributed by atoms with Gasteiger partial charge in [-0.25, -0.2) is 4.68 Å². The zero-order valence-electron chi connectivity index (χ0n) is 14.6. The number of nitro groups is 1. The summed E-state index contributed by atoms with van der Waals surface area (Å²) < 4.78 is 12.6. The summed E-state index contributed by atoms with van der Waals surface area (Å²) >= 11 is 0. The van der Waals surface area contributed by atoms with Crippen LogP contribution in [-0.4, -0.2) is 39.9 Å². The van der Waals surface area contributed by atoms with Crippen LogP contribution in [0.15, 0.2) is 24.3 Å². The number of ether oxygens (including phenoxy) is 2. The van der Waals surface area contributed by atoms with Gasteiger partial charge in [0, 0.05) is 31.8 Å². The largest absolute Gasteiger partial charge is 0.432 e. The van der Waals surface area contributed by atoms with Crippen molar-refractivity contribution in [3.05, 3.63) is 45.6 Å². The maximum absolute atomic E-state index is 12.4. The van der Waals surface area contributed by atoms with Gasteiger partial charge in [0.25, 0.3) is 5.91 Å². The van der Waals surface area contributed by atoms with E-state index in [1.807, 2.05) is 0 Å². The third kappa shape index (κ3) is 3.67. The first-order chi connectivity index (χ1) is 12.5. The van der Waals surface area contributed by atoms with E-state index in [1.54, 1.807) is 26.1 Å². The molecular weight excluding hydrogens is 340 g/mol. The molecule has 26 heavy (non-hydrogen) atoms. The molecule has 0 saturated carbocycles. The lowest BCUT2D eigenvalue weighted by Gasteiger charge is -2.10. The molecule has 2 heterocycles. The number of para-hydroxylation sites is 2. The lowest BCUT2D eigenvalue weighted by molar-refractivity contribution is -0.385. The summed E-state index contributed by atoms with van der Waals surface area (Å²) in [7, 11) is 1.62. The van der Waals surface area contributed by atoms with Gasteiger partial charge in [0.1, 0.15) is 0 Å². The fourth-order valence-corrected chi connectivity index (χ4v) is 2.87. The number of hydrogen-bond acceptors (Lipinski definition) is 6. The molecule has 0 unspecified atom stereocenters. The standard InChI is InChI=1S/C17H20N4O5/c1-11-15(16(22)18-10-12-6-5-9-25-12)19-20(2)17(11)26-14-8-4-3-7-13(14)21(23)24/h3-4,7-8,12H,5-6,9-10H2,1-2H3,(H,18,22)/t12-/m1/s1. The molecular formula is C17H20N4O5.